The number of fused-ring (bicyclic) bond motifs is 2. The van der Waals surface area contributed by atoms with Gasteiger partial charge in [-0.1, -0.05) is 71.7 Å². The lowest BCUT2D eigenvalue weighted by atomic mass is 9.62. The summed E-state index contributed by atoms with van der Waals surface area (Å²) in [6.07, 6.45) is 5.50. The topological polar surface area (TPSA) is 58.6 Å². The van der Waals surface area contributed by atoms with E-state index in [1.54, 1.807) is 12.1 Å². The van der Waals surface area contributed by atoms with Gasteiger partial charge in [-0.05, 0) is 84.7 Å². The number of rotatable bonds is 8. The van der Waals surface area contributed by atoms with Crippen molar-refractivity contribution in [3.8, 4) is 0 Å². The molecule has 0 radical (unpaired) electrons. The van der Waals surface area contributed by atoms with Gasteiger partial charge in [0.15, 0.2) is 0 Å². The number of hydrogen-bond acceptors (Lipinski definition) is 3. The van der Waals surface area contributed by atoms with E-state index in [0.717, 1.165) is 35.5 Å². The van der Waals surface area contributed by atoms with Gasteiger partial charge < -0.3 is 15.2 Å². The lowest BCUT2D eigenvalue weighted by molar-refractivity contribution is -0.143. The lowest BCUT2D eigenvalue weighted by Gasteiger charge is -2.45. The molecule has 0 aromatic heterocycles. The molecule has 1 spiro atoms. The highest BCUT2D eigenvalue weighted by Crippen LogP contribution is 2.53. The van der Waals surface area contributed by atoms with Crippen LogP contribution < -0.4 is 5.32 Å². The van der Waals surface area contributed by atoms with E-state index >= 15 is 0 Å². The molecule has 36 heavy (non-hydrogen) atoms. The van der Waals surface area contributed by atoms with E-state index in [4.69, 9.17) is 27.9 Å². The second-order valence-corrected chi connectivity index (χ2v) is 10.7. The summed E-state index contributed by atoms with van der Waals surface area (Å²) in [5.74, 6) is -0.827. The van der Waals surface area contributed by atoms with Crippen LogP contribution in [0.3, 0.4) is 0 Å². The van der Waals surface area contributed by atoms with Crippen LogP contribution in [0, 0.1) is 0 Å². The van der Waals surface area contributed by atoms with E-state index in [2.05, 4.69) is 41.7 Å². The van der Waals surface area contributed by atoms with Crippen molar-refractivity contribution in [3.05, 3.63) is 105 Å². The number of aliphatic carboxylic acids is 1. The molecule has 3 aromatic rings. The highest BCUT2D eigenvalue weighted by molar-refractivity contribution is 6.31. The number of anilines is 1. The molecule has 5 rings (SSSR count). The van der Waals surface area contributed by atoms with Crippen LogP contribution in [0.15, 0.2) is 78.4 Å². The van der Waals surface area contributed by atoms with Gasteiger partial charge in [0.05, 0.1) is 13.2 Å². The summed E-state index contributed by atoms with van der Waals surface area (Å²) in [6.45, 7) is 1.12. The van der Waals surface area contributed by atoms with Crippen molar-refractivity contribution in [3.63, 3.8) is 0 Å². The molecule has 0 bridgehead atoms. The fourth-order valence-electron chi connectivity index (χ4n) is 5.73. The van der Waals surface area contributed by atoms with Gasteiger partial charge >= 0.3 is 5.97 Å². The maximum absolute atomic E-state index is 12.5. The maximum atomic E-state index is 12.5. The first-order valence-corrected chi connectivity index (χ1v) is 13.1. The molecule has 2 aliphatic carbocycles. The molecule has 6 heteroatoms. The van der Waals surface area contributed by atoms with Gasteiger partial charge in [-0.25, -0.2) is 4.79 Å². The first-order valence-electron chi connectivity index (χ1n) is 12.3. The van der Waals surface area contributed by atoms with Gasteiger partial charge in [0.1, 0.15) is 5.54 Å². The third-order valence-corrected chi connectivity index (χ3v) is 8.15. The third-order valence-electron chi connectivity index (χ3n) is 7.68. The predicted octanol–water partition coefficient (Wildman–Crippen LogP) is 7.40. The number of carbonyl (C=O) groups is 1. The van der Waals surface area contributed by atoms with Crippen LogP contribution in [-0.4, -0.2) is 29.8 Å². The van der Waals surface area contributed by atoms with E-state index in [9.17, 15) is 9.90 Å². The lowest BCUT2D eigenvalue weighted by Crippen LogP contribution is -2.52. The van der Waals surface area contributed by atoms with Crippen LogP contribution in [0.1, 0.15) is 42.4 Å². The van der Waals surface area contributed by atoms with Gasteiger partial charge in [-0.2, -0.15) is 0 Å². The Balaban J connectivity index is 1.32. The van der Waals surface area contributed by atoms with E-state index in [-0.39, 0.29) is 5.41 Å². The van der Waals surface area contributed by atoms with Crippen molar-refractivity contribution < 1.29 is 14.6 Å². The van der Waals surface area contributed by atoms with Gasteiger partial charge in [-0.3, -0.25) is 0 Å². The molecule has 0 aliphatic heterocycles. The largest absolute Gasteiger partial charge is 0.480 e. The summed E-state index contributed by atoms with van der Waals surface area (Å²) in [5, 5.41) is 14.9. The van der Waals surface area contributed by atoms with Gasteiger partial charge in [0.25, 0.3) is 0 Å². The van der Waals surface area contributed by atoms with E-state index in [1.165, 1.54) is 16.7 Å². The summed E-state index contributed by atoms with van der Waals surface area (Å²) < 4.78 is 6.17. The number of hydrogen-bond donors (Lipinski definition) is 2. The minimum Gasteiger partial charge on any atom is -0.480 e. The number of ether oxygens (including phenoxy) is 1. The van der Waals surface area contributed by atoms with Crippen LogP contribution in [0.25, 0.3) is 6.08 Å². The van der Waals surface area contributed by atoms with Crippen LogP contribution in [0.5, 0.6) is 0 Å². The SMILES string of the molecule is O=C(O)C1(Nc2cccc(Cl)c2)CCC2(CC1)C(COCCc1cccc(Cl)c1)=Cc1ccccc12. The molecular weight excluding hydrogens is 493 g/mol. The molecule has 3 aromatic carbocycles. The smallest absolute Gasteiger partial charge is 0.329 e. The van der Waals surface area contributed by atoms with Crippen LogP contribution in [0.4, 0.5) is 5.69 Å². The monoisotopic (exact) mass is 521 g/mol. The first kappa shape index (κ1) is 24.9. The molecule has 186 valence electrons. The second-order valence-electron chi connectivity index (χ2n) is 9.79. The Labute approximate surface area is 221 Å². The Morgan fingerprint density at radius 2 is 1.64 bits per heavy atom. The molecule has 2 aliphatic rings. The molecule has 1 fully saturated rings. The zero-order valence-electron chi connectivity index (χ0n) is 20.0. The van der Waals surface area contributed by atoms with Crippen molar-refractivity contribution in [1.29, 1.82) is 0 Å². The van der Waals surface area contributed by atoms with Crippen LogP contribution >= 0.6 is 23.2 Å². The average molecular weight is 522 g/mol. The van der Waals surface area contributed by atoms with Crippen LogP contribution in [0.2, 0.25) is 10.0 Å². The van der Waals surface area contributed by atoms with E-state index in [0.29, 0.717) is 31.1 Å². The molecular formula is C30H29Cl2NO3. The molecule has 0 atom stereocenters. The van der Waals surface area contributed by atoms with Crippen molar-refractivity contribution in [1.82, 2.24) is 0 Å². The Bertz CT molecular complexity index is 1290. The number of benzene rings is 3. The minimum atomic E-state index is -1.04. The number of carboxylic acids is 1. The normalized spacial score (nSPS) is 22.8. The quantitative estimate of drug-likeness (QED) is 0.303. The molecule has 4 nitrogen and oxygen atoms in total. The van der Waals surface area contributed by atoms with Crippen molar-refractivity contribution >= 4 is 40.9 Å². The Hall–Kier alpha value is -2.79. The average Bonchev–Trinajstić information content (AvgIpc) is 3.16. The summed E-state index contributed by atoms with van der Waals surface area (Å²) in [6, 6.07) is 23.6. The fourth-order valence-corrected chi connectivity index (χ4v) is 6.13. The molecule has 2 N–H and O–H groups in total. The molecule has 1 saturated carbocycles. The summed E-state index contributed by atoms with van der Waals surface area (Å²) in [5.41, 5.74) is 4.35. The van der Waals surface area contributed by atoms with Gasteiger partial charge in [-0.15, -0.1) is 0 Å². The zero-order valence-corrected chi connectivity index (χ0v) is 21.5. The predicted molar refractivity (Wildman–Crippen MR) is 146 cm³/mol. The summed E-state index contributed by atoms with van der Waals surface area (Å²) in [4.78, 5) is 12.5. The number of nitrogens with one attached hydrogen (secondary N) is 1. The Morgan fingerprint density at radius 1 is 0.917 bits per heavy atom. The zero-order chi connectivity index (χ0) is 25.2. The van der Waals surface area contributed by atoms with Gasteiger partial charge in [0.2, 0.25) is 0 Å². The maximum Gasteiger partial charge on any atom is 0.329 e. The van der Waals surface area contributed by atoms with Crippen molar-refractivity contribution in [2.24, 2.45) is 0 Å². The minimum absolute atomic E-state index is 0.207. The Morgan fingerprint density at radius 3 is 2.36 bits per heavy atom. The summed E-state index contributed by atoms with van der Waals surface area (Å²) in [7, 11) is 0. The summed E-state index contributed by atoms with van der Waals surface area (Å²) >= 11 is 12.3. The molecule has 0 saturated heterocycles. The van der Waals surface area contributed by atoms with Crippen molar-refractivity contribution in [2.45, 2.75) is 43.1 Å². The highest BCUT2D eigenvalue weighted by atomic mass is 35.5. The molecule has 0 amide bonds. The highest BCUT2D eigenvalue weighted by Gasteiger charge is 2.51. The third kappa shape index (κ3) is 4.90. The standard InChI is InChI=1S/C30H29Cl2NO3/c31-24-7-3-5-21(17-24)11-16-36-20-23-18-22-6-1-2-10-27(22)29(23)12-14-30(15-13-29,28(34)35)33-26-9-4-8-25(32)19-26/h1-10,17-19,33H,11-16,20H2,(H,34,35). The van der Waals surface area contributed by atoms with Gasteiger partial charge in [0, 0.05) is 21.1 Å². The van der Waals surface area contributed by atoms with E-state index < -0.39 is 11.5 Å². The molecule has 0 unspecified atom stereocenters. The fraction of sp³-hybridized carbons (Fsp3) is 0.300. The number of halogens is 2. The number of carboxylic acid groups (broad SMARTS) is 1. The second kappa shape index (κ2) is 10.3. The van der Waals surface area contributed by atoms with E-state index in [1.807, 2.05) is 30.3 Å². The van der Waals surface area contributed by atoms with Crippen LogP contribution in [-0.2, 0) is 21.4 Å². The van der Waals surface area contributed by atoms with Crippen molar-refractivity contribution in [2.75, 3.05) is 18.5 Å². The molecule has 0 heterocycles. The first-order chi connectivity index (χ1) is 17.4. The Kier molecular flexibility index (Phi) is 7.11.